The van der Waals surface area contributed by atoms with Gasteiger partial charge in [0.1, 0.15) is 5.69 Å². The van der Waals surface area contributed by atoms with Gasteiger partial charge in [-0.05, 0) is 11.5 Å². The van der Waals surface area contributed by atoms with E-state index in [9.17, 15) is 10.1 Å². The van der Waals surface area contributed by atoms with E-state index in [1.165, 1.54) is 17.1 Å². The Morgan fingerprint density at radius 1 is 1.35 bits per heavy atom. The molecule has 2 heterocycles. The van der Waals surface area contributed by atoms with Gasteiger partial charge in [0.2, 0.25) is 5.82 Å². The van der Waals surface area contributed by atoms with E-state index in [4.69, 9.17) is 5.73 Å². The van der Waals surface area contributed by atoms with Gasteiger partial charge in [-0.2, -0.15) is 9.78 Å². The first-order valence-electron chi connectivity index (χ1n) is 6.09. The van der Waals surface area contributed by atoms with Gasteiger partial charge in [-0.1, -0.05) is 20.8 Å². The number of nitrogens with zero attached hydrogens (tertiary/aromatic N) is 5. The predicted molar refractivity (Wildman–Crippen MR) is 73.4 cm³/mol. The van der Waals surface area contributed by atoms with E-state index < -0.39 is 4.92 Å². The molecule has 0 radical (unpaired) electrons. The Labute approximate surface area is 115 Å². The van der Waals surface area contributed by atoms with Crippen molar-refractivity contribution in [1.29, 1.82) is 0 Å². The molecule has 2 N–H and O–H groups in total. The van der Waals surface area contributed by atoms with Crippen molar-refractivity contribution in [2.75, 3.05) is 5.73 Å². The number of hydrogen-bond acceptors (Lipinski definition) is 6. The lowest BCUT2D eigenvalue weighted by molar-refractivity contribution is -0.384. The molecule has 0 fully saturated rings. The molecule has 2 rings (SSSR count). The van der Waals surface area contributed by atoms with Gasteiger partial charge >= 0.3 is 5.69 Å². The molecule has 8 nitrogen and oxygen atoms in total. The van der Waals surface area contributed by atoms with Gasteiger partial charge in [0.15, 0.2) is 0 Å². The highest BCUT2D eigenvalue weighted by molar-refractivity contribution is 5.58. The van der Waals surface area contributed by atoms with Crippen molar-refractivity contribution in [3.63, 3.8) is 0 Å². The fraction of sp³-hybridized carbons (Fsp3) is 0.417. The Balaban J connectivity index is 2.56. The number of rotatable bonds is 3. The van der Waals surface area contributed by atoms with Crippen molar-refractivity contribution in [3.8, 4) is 5.95 Å². The van der Waals surface area contributed by atoms with Crippen molar-refractivity contribution >= 4 is 11.5 Å². The third kappa shape index (κ3) is 2.73. The summed E-state index contributed by atoms with van der Waals surface area (Å²) >= 11 is 0. The molecule has 20 heavy (non-hydrogen) atoms. The molecule has 0 aromatic carbocycles. The molecule has 0 saturated carbocycles. The molecule has 0 aliphatic carbocycles. The second kappa shape index (κ2) is 4.87. The fourth-order valence-electron chi connectivity index (χ4n) is 1.84. The van der Waals surface area contributed by atoms with Gasteiger partial charge in [0.25, 0.3) is 5.95 Å². The molecule has 2 aromatic heterocycles. The van der Waals surface area contributed by atoms with Crippen LogP contribution < -0.4 is 5.73 Å². The van der Waals surface area contributed by atoms with E-state index in [1.54, 1.807) is 6.07 Å². The van der Waals surface area contributed by atoms with Crippen molar-refractivity contribution in [2.24, 2.45) is 5.41 Å². The first-order valence-corrected chi connectivity index (χ1v) is 6.09. The van der Waals surface area contributed by atoms with Crippen LogP contribution in [0.1, 0.15) is 26.5 Å². The molecule has 0 saturated heterocycles. The largest absolute Gasteiger partial charge is 0.378 e. The molecule has 0 unspecified atom stereocenters. The number of nitrogen functional groups attached to an aromatic ring is 1. The van der Waals surface area contributed by atoms with Crippen LogP contribution in [-0.2, 0) is 6.42 Å². The molecule has 0 aliphatic heterocycles. The predicted octanol–water partition coefficient (Wildman–Crippen LogP) is 1.74. The van der Waals surface area contributed by atoms with Crippen molar-refractivity contribution in [1.82, 2.24) is 19.7 Å². The van der Waals surface area contributed by atoms with Gasteiger partial charge in [-0.25, -0.2) is 9.97 Å². The van der Waals surface area contributed by atoms with Gasteiger partial charge < -0.3 is 5.73 Å². The minimum atomic E-state index is -0.511. The summed E-state index contributed by atoms with van der Waals surface area (Å²) in [5.41, 5.74) is 5.86. The van der Waals surface area contributed by atoms with Crippen molar-refractivity contribution in [2.45, 2.75) is 27.2 Å². The molecule has 106 valence electrons. The second-order valence-electron chi connectivity index (χ2n) is 5.64. The summed E-state index contributed by atoms with van der Waals surface area (Å²) in [6.07, 6.45) is 3.49. The van der Waals surface area contributed by atoms with Gasteiger partial charge in [0.05, 0.1) is 4.92 Å². The molecular formula is C12H16N6O2. The fourth-order valence-corrected chi connectivity index (χ4v) is 1.84. The maximum Gasteiger partial charge on any atom is 0.334 e. The molecule has 0 spiro atoms. The maximum absolute atomic E-state index is 11.2. The number of nitrogens with two attached hydrogens (primary N) is 1. The van der Waals surface area contributed by atoms with Gasteiger partial charge in [-0.15, -0.1) is 0 Å². The Kier molecular flexibility index (Phi) is 3.39. The van der Waals surface area contributed by atoms with E-state index in [-0.39, 0.29) is 22.9 Å². The lowest BCUT2D eigenvalue weighted by Crippen LogP contribution is -2.11. The Bertz CT molecular complexity index is 629. The van der Waals surface area contributed by atoms with Crippen LogP contribution in [0, 0.1) is 15.5 Å². The summed E-state index contributed by atoms with van der Waals surface area (Å²) in [5, 5.41) is 15.4. The summed E-state index contributed by atoms with van der Waals surface area (Å²) < 4.78 is 1.21. The third-order valence-electron chi connectivity index (χ3n) is 2.59. The lowest BCUT2D eigenvalue weighted by atomic mass is 9.90. The summed E-state index contributed by atoms with van der Waals surface area (Å²) in [6, 6.07) is 1.65. The summed E-state index contributed by atoms with van der Waals surface area (Å²) in [4.78, 5) is 18.7. The lowest BCUT2D eigenvalue weighted by Gasteiger charge is -2.15. The summed E-state index contributed by atoms with van der Waals surface area (Å²) in [5.74, 6) is 0.161. The van der Waals surface area contributed by atoms with Crippen LogP contribution in [0.5, 0.6) is 0 Å². The Morgan fingerprint density at radius 2 is 1.95 bits per heavy atom. The first-order chi connectivity index (χ1) is 9.29. The van der Waals surface area contributed by atoms with E-state index in [0.717, 1.165) is 0 Å². The van der Waals surface area contributed by atoms with E-state index in [1.807, 2.05) is 20.8 Å². The quantitative estimate of drug-likeness (QED) is 0.674. The number of nitro groups is 1. The molecule has 8 heteroatoms. The zero-order valence-electron chi connectivity index (χ0n) is 11.6. The second-order valence-corrected chi connectivity index (χ2v) is 5.64. The van der Waals surface area contributed by atoms with Gasteiger partial charge in [0, 0.05) is 18.8 Å². The first kappa shape index (κ1) is 13.9. The number of hydrogen-bond donors (Lipinski definition) is 1. The average Bonchev–Trinajstić information content (AvgIpc) is 2.65. The van der Waals surface area contributed by atoms with E-state index in [0.29, 0.717) is 12.1 Å². The van der Waals surface area contributed by atoms with E-state index >= 15 is 0 Å². The minimum absolute atomic E-state index is 0.0551. The average molecular weight is 276 g/mol. The summed E-state index contributed by atoms with van der Waals surface area (Å²) in [6.45, 7) is 5.93. The Hall–Kier alpha value is -2.51. The molecule has 0 aliphatic rings. The van der Waals surface area contributed by atoms with Crippen molar-refractivity contribution < 1.29 is 4.92 Å². The SMILES string of the molecule is CC(C)(C)Cc1nn(-c2ncccn2)c(N)c1[N+](=O)[O-]. The highest BCUT2D eigenvalue weighted by Gasteiger charge is 2.30. The Morgan fingerprint density at radius 3 is 2.45 bits per heavy atom. The van der Waals surface area contributed by atoms with Crippen LogP contribution in [0.3, 0.4) is 0 Å². The zero-order chi connectivity index (χ0) is 14.9. The highest BCUT2D eigenvalue weighted by Crippen LogP contribution is 2.32. The smallest absolute Gasteiger partial charge is 0.334 e. The highest BCUT2D eigenvalue weighted by atomic mass is 16.6. The van der Waals surface area contributed by atoms with Crippen LogP contribution in [0.4, 0.5) is 11.5 Å². The topological polar surface area (TPSA) is 113 Å². The molecule has 2 aromatic rings. The van der Waals surface area contributed by atoms with Crippen LogP contribution in [-0.4, -0.2) is 24.7 Å². The van der Waals surface area contributed by atoms with Crippen molar-refractivity contribution in [3.05, 3.63) is 34.3 Å². The van der Waals surface area contributed by atoms with E-state index in [2.05, 4.69) is 15.1 Å². The molecule has 0 atom stereocenters. The van der Waals surface area contributed by atoms with Gasteiger partial charge in [-0.3, -0.25) is 10.1 Å². The standard InChI is InChI=1S/C12H16N6O2/c1-12(2,3)7-8-9(18(19)20)10(13)17(16-8)11-14-5-4-6-15-11/h4-6H,7,13H2,1-3H3. The molecule has 0 amide bonds. The monoisotopic (exact) mass is 276 g/mol. The van der Waals surface area contributed by atoms with Crippen LogP contribution in [0.25, 0.3) is 5.95 Å². The third-order valence-corrected chi connectivity index (χ3v) is 2.59. The minimum Gasteiger partial charge on any atom is -0.378 e. The number of anilines is 1. The normalized spacial score (nSPS) is 11.6. The zero-order valence-corrected chi connectivity index (χ0v) is 11.6. The van der Waals surface area contributed by atoms with Crippen LogP contribution >= 0.6 is 0 Å². The number of aromatic nitrogens is 4. The summed E-state index contributed by atoms with van der Waals surface area (Å²) in [7, 11) is 0. The maximum atomic E-state index is 11.2. The molecule has 0 bridgehead atoms. The molecular weight excluding hydrogens is 260 g/mol. The van der Waals surface area contributed by atoms with Crippen LogP contribution in [0.2, 0.25) is 0 Å². The van der Waals surface area contributed by atoms with Crippen LogP contribution in [0.15, 0.2) is 18.5 Å².